The molecule has 0 spiro atoms. The Kier molecular flexibility index (Phi) is 9.20. The van der Waals surface area contributed by atoms with Gasteiger partial charge in [-0.25, -0.2) is 19.6 Å². The van der Waals surface area contributed by atoms with Gasteiger partial charge in [0, 0.05) is 20.7 Å². The van der Waals surface area contributed by atoms with Gasteiger partial charge in [-0.1, -0.05) is 37.6 Å². The van der Waals surface area contributed by atoms with Gasteiger partial charge in [0.1, 0.15) is 15.0 Å². The maximum Gasteiger partial charge on any atom is 0.341 e. The number of fused-ring (bicyclic) bond motifs is 1. The van der Waals surface area contributed by atoms with Crippen molar-refractivity contribution in [2.24, 2.45) is 0 Å². The Bertz CT molecular complexity index is 1330. The highest BCUT2D eigenvalue weighted by molar-refractivity contribution is 7.18. The van der Waals surface area contributed by atoms with Crippen molar-refractivity contribution in [2.45, 2.75) is 33.6 Å². The topological polar surface area (TPSA) is 104 Å². The number of ether oxygens (including phenoxy) is 2. The number of methoxy groups -OCH3 is 1. The molecule has 0 aliphatic heterocycles. The number of carbonyl (C=O) groups is 2. The molecule has 0 atom stereocenters. The van der Waals surface area contributed by atoms with Gasteiger partial charge in [-0.05, 0) is 44.0 Å². The van der Waals surface area contributed by atoms with Crippen LogP contribution in [0.3, 0.4) is 0 Å². The van der Waals surface area contributed by atoms with Crippen LogP contribution in [0.15, 0.2) is 36.4 Å². The highest BCUT2D eigenvalue weighted by Gasteiger charge is 2.14. The first-order chi connectivity index (χ1) is 16.8. The second-order valence-corrected chi connectivity index (χ2v) is 9.90. The molecule has 35 heavy (non-hydrogen) atoms. The number of nitrogens with two attached hydrogens (primary N) is 1. The average Bonchev–Trinajstić information content (AvgIpc) is 3.47. The van der Waals surface area contributed by atoms with Crippen LogP contribution in [0, 0.1) is 0 Å². The van der Waals surface area contributed by atoms with Crippen molar-refractivity contribution in [3.05, 3.63) is 62.4 Å². The molecule has 0 saturated heterocycles. The van der Waals surface area contributed by atoms with Gasteiger partial charge >= 0.3 is 11.9 Å². The van der Waals surface area contributed by atoms with E-state index in [0.29, 0.717) is 33.7 Å². The van der Waals surface area contributed by atoms with Crippen LogP contribution in [0.25, 0.3) is 21.6 Å². The van der Waals surface area contributed by atoms with Crippen LogP contribution in [0.4, 0.5) is 5.00 Å². The molecule has 0 bridgehead atoms. The van der Waals surface area contributed by atoms with Crippen molar-refractivity contribution >= 4 is 61.4 Å². The molecule has 0 fully saturated rings. The van der Waals surface area contributed by atoms with E-state index >= 15 is 0 Å². The zero-order valence-electron chi connectivity index (χ0n) is 19.9. The minimum absolute atomic E-state index is 0.323. The van der Waals surface area contributed by atoms with Crippen LogP contribution in [-0.2, 0) is 22.3 Å². The van der Waals surface area contributed by atoms with Crippen LogP contribution in [0.2, 0.25) is 5.15 Å². The highest BCUT2D eigenvalue weighted by Crippen LogP contribution is 2.31. The van der Waals surface area contributed by atoms with Crippen molar-refractivity contribution in [3.63, 3.8) is 0 Å². The van der Waals surface area contributed by atoms with Crippen molar-refractivity contribution in [3.8, 4) is 11.4 Å². The SMILES string of the molecule is CCOC(=O)c1cc(CC)sc1N.CCc1cc2c(Cl)nc(-c3ccc(C(=O)OC)cc3)nc2s1. The smallest absolute Gasteiger partial charge is 0.341 e. The van der Waals surface area contributed by atoms with Crippen molar-refractivity contribution < 1.29 is 19.1 Å². The monoisotopic (exact) mass is 531 g/mol. The summed E-state index contributed by atoms with van der Waals surface area (Å²) in [5, 5.41) is 1.89. The summed E-state index contributed by atoms with van der Waals surface area (Å²) in [4.78, 5) is 34.9. The number of halogens is 1. The number of rotatable bonds is 6. The first kappa shape index (κ1) is 26.6. The number of nitrogens with zero attached hydrogens (tertiary/aromatic N) is 2. The first-order valence-electron chi connectivity index (χ1n) is 11.0. The maximum atomic E-state index is 11.5. The van der Waals surface area contributed by atoms with Crippen LogP contribution in [-0.4, -0.2) is 35.6 Å². The molecule has 2 N–H and O–H groups in total. The molecular weight excluding hydrogens is 506 g/mol. The van der Waals surface area contributed by atoms with Crippen LogP contribution in [0.1, 0.15) is 51.2 Å². The van der Waals surface area contributed by atoms with Gasteiger partial charge in [0.15, 0.2) is 5.82 Å². The lowest BCUT2D eigenvalue weighted by Crippen LogP contribution is -2.05. The quantitative estimate of drug-likeness (QED) is 0.226. The molecule has 0 unspecified atom stereocenters. The van der Waals surface area contributed by atoms with Gasteiger partial charge in [-0.15, -0.1) is 22.7 Å². The molecule has 0 aliphatic rings. The second kappa shape index (κ2) is 12.1. The van der Waals surface area contributed by atoms with Gasteiger partial charge in [0.2, 0.25) is 0 Å². The number of nitrogen functional groups attached to an aromatic ring is 1. The molecule has 4 aromatic rings. The lowest BCUT2D eigenvalue weighted by Gasteiger charge is -2.03. The molecule has 184 valence electrons. The number of aryl methyl sites for hydroxylation is 2. The van der Waals surface area contributed by atoms with E-state index in [0.717, 1.165) is 33.5 Å². The number of thiophene rings is 2. The van der Waals surface area contributed by atoms with Gasteiger partial charge in [0.25, 0.3) is 0 Å². The summed E-state index contributed by atoms with van der Waals surface area (Å²) >= 11 is 9.34. The van der Waals surface area contributed by atoms with E-state index in [9.17, 15) is 9.59 Å². The molecule has 3 heterocycles. The molecule has 7 nitrogen and oxygen atoms in total. The molecule has 0 aliphatic carbocycles. The largest absolute Gasteiger partial charge is 0.465 e. The Morgan fingerprint density at radius 2 is 1.63 bits per heavy atom. The molecule has 0 amide bonds. The number of anilines is 1. The first-order valence-corrected chi connectivity index (χ1v) is 13.0. The molecule has 4 rings (SSSR count). The molecule has 0 saturated carbocycles. The molecular formula is C25H26ClN3O4S2. The minimum atomic E-state index is -0.369. The number of esters is 2. The predicted octanol–water partition coefficient (Wildman–Crippen LogP) is 6.43. The van der Waals surface area contributed by atoms with E-state index in [2.05, 4.69) is 21.6 Å². The van der Waals surface area contributed by atoms with Gasteiger partial charge in [0.05, 0.1) is 24.8 Å². The summed E-state index contributed by atoms with van der Waals surface area (Å²) in [6.07, 6.45) is 1.84. The third kappa shape index (κ3) is 6.36. The zero-order chi connectivity index (χ0) is 25.5. The summed E-state index contributed by atoms with van der Waals surface area (Å²) in [6.45, 7) is 6.29. The predicted molar refractivity (Wildman–Crippen MR) is 143 cm³/mol. The minimum Gasteiger partial charge on any atom is -0.465 e. The van der Waals surface area contributed by atoms with E-state index in [1.54, 1.807) is 48.6 Å². The lowest BCUT2D eigenvalue weighted by molar-refractivity contribution is 0.0527. The molecule has 3 aromatic heterocycles. The van der Waals surface area contributed by atoms with Crippen LogP contribution < -0.4 is 5.73 Å². The number of aromatic nitrogens is 2. The number of benzene rings is 1. The summed E-state index contributed by atoms with van der Waals surface area (Å²) < 4.78 is 9.54. The fraction of sp³-hybridized carbons (Fsp3) is 0.280. The van der Waals surface area contributed by atoms with Gasteiger partial charge in [-0.2, -0.15) is 0 Å². The normalized spacial score (nSPS) is 10.5. The van der Waals surface area contributed by atoms with Crippen molar-refractivity contribution in [2.75, 3.05) is 19.5 Å². The van der Waals surface area contributed by atoms with E-state index in [-0.39, 0.29) is 11.9 Å². The highest BCUT2D eigenvalue weighted by atomic mass is 35.5. The number of hydrogen-bond donors (Lipinski definition) is 1. The summed E-state index contributed by atoms with van der Waals surface area (Å²) in [5.74, 6) is -0.138. The lowest BCUT2D eigenvalue weighted by atomic mass is 10.1. The fourth-order valence-corrected chi connectivity index (χ4v) is 5.22. The van der Waals surface area contributed by atoms with E-state index in [1.807, 2.05) is 13.0 Å². The van der Waals surface area contributed by atoms with Gasteiger partial charge < -0.3 is 15.2 Å². The molecule has 0 radical (unpaired) electrons. The summed E-state index contributed by atoms with van der Waals surface area (Å²) in [6, 6.07) is 10.8. The van der Waals surface area contributed by atoms with Crippen molar-refractivity contribution in [1.29, 1.82) is 0 Å². The Morgan fingerprint density at radius 3 is 2.20 bits per heavy atom. The average molecular weight is 532 g/mol. The standard InChI is InChI=1S/C16H13ClN2O2S.C9H13NO2S/c1-3-11-8-12-13(17)18-14(19-15(12)22-11)9-4-6-10(7-5-9)16(20)21-2;1-3-6-5-7(8(10)13-6)9(11)12-4-2/h4-8H,3H2,1-2H3;5H,3-4,10H2,1-2H3. The molecule has 1 aromatic carbocycles. The Balaban J connectivity index is 0.000000225. The third-order valence-corrected chi connectivity index (χ3v) is 7.54. The van der Waals surface area contributed by atoms with Crippen molar-refractivity contribution in [1.82, 2.24) is 9.97 Å². The second-order valence-electron chi connectivity index (χ2n) is 7.26. The summed E-state index contributed by atoms with van der Waals surface area (Å²) in [7, 11) is 1.36. The van der Waals surface area contributed by atoms with E-state index in [4.69, 9.17) is 22.1 Å². The number of hydrogen-bond acceptors (Lipinski definition) is 9. The van der Waals surface area contributed by atoms with Crippen LogP contribution in [0.5, 0.6) is 0 Å². The maximum absolute atomic E-state index is 11.5. The fourth-order valence-electron chi connectivity index (χ4n) is 3.11. The number of carbonyl (C=O) groups excluding carboxylic acids is 2. The van der Waals surface area contributed by atoms with E-state index < -0.39 is 0 Å². The Labute approximate surface area is 216 Å². The molecule has 10 heteroatoms. The summed E-state index contributed by atoms with van der Waals surface area (Å²) in [5.41, 5.74) is 7.47. The van der Waals surface area contributed by atoms with Gasteiger partial charge in [-0.3, -0.25) is 0 Å². The van der Waals surface area contributed by atoms with Crippen LogP contribution >= 0.6 is 34.3 Å². The van der Waals surface area contributed by atoms with E-state index in [1.165, 1.54) is 23.3 Å². The zero-order valence-corrected chi connectivity index (χ0v) is 22.3. The Hall–Kier alpha value is -3.01. The Morgan fingerprint density at radius 1 is 0.971 bits per heavy atom. The third-order valence-electron chi connectivity index (χ3n) is 4.97.